The number of hydrogen-bond donors (Lipinski definition) is 5. The number of carbonyl (C=O) groups is 2. The number of nitrogens with one attached hydrogen (secondary N) is 3. The maximum atomic E-state index is 11.9. The first-order chi connectivity index (χ1) is 15.6. The largest absolute Gasteiger partial charge is 0.444 e. The Kier molecular flexibility index (Phi) is 8.34. The van der Waals surface area contributed by atoms with Gasteiger partial charge in [-0.1, -0.05) is 0 Å². The van der Waals surface area contributed by atoms with E-state index in [9.17, 15) is 14.7 Å². The fourth-order valence-electron chi connectivity index (χ4n) is 4.47. The fraction of sp³-hybridized carbons (Fsp3) is 0.739. The van der Waals surface area contributed by atoms with Crippen LogP contribution in [0.4, 0.5) is 16.6 Å². The molecule has 2 aliphatic rings. The van der Waals surface area contributed by atoms with Crippen LogP contribution in [-0.4, -0.2) is 57.4 Å². The van der Waals surface area contributed by atoms with Crippen molar-refractivity contribution in [3.63, 3.8) is 0 Å². The fourth-order valence-corrected chi connectivity index (χ4v) is 4.47. The molecule has 1 heterocycles. The summed E-state index contributed by atoms with van der Waals surface area (Å²) in [6.07, 6.45) is 7.78. The zero-order chi connectivity index (χ0) is 24.0. The highest BCUT2D eigenvalue weighted by molar-refractivity contribution is 5.97. The van der Waals surface area contributed by atoms with Gasteiger partial charge in [0.1, 0.15) is 11.4 Å². The second kappa shape index (κ2) is 11.0. The third kappa shape index (κ3) is 8.03. The summed E-state index contributed by atoms with van der Waals surface area (Å²) < 4.78 is 5.30. The molecule has 10 heteroatoms. The van der Waals surface area contributed by atoms with E-state index in [0.717, 1.165) is 44.9 Å². The molecule has 0 aromatic carbocycles. The Morgan fingerprint density at radius 2 is 1.85 bits per heavy atom. The lowest BCUT2D eigenvalue weighted by atomic mass is 9.86. The Morgan fingerprint density at radius 1 is 1.12 bits per heavy atom. The minimum atomic E-state index is -0.585. The van der Waals surface area contributed by atoms with Gasteiger partial charge in [-0.2, -0.15) is 4.98 Å². The highest BCUT2D eigenvalue weighted by atomic mass is 16.6. The van der Waals surface area contributed by atoms with Crippen molar-refractivity contribution in [3.8, 4) is 0 Å². The topological polar surface area (TPSA) is 151 Å². The summed E-state index contributed by atoms with van der Waals surface area (Å²) in [5, 5.41) is 19.5. The standard InChI is InChI=1S/C23H38N6O4/c1-23(2,3)33-22(32)26-12-14-7-9-15(10-8-14)28-21-25-13-18(19(24)31)20(29-21)27-16-5-4-6-17(30)11-16/h13-17,30H,4-12H2,1-3H3,(H2,24,31)(H,26,32)(H2,25,27,28,29)/t14?,15?,16-,17-/m1/s1. The maximum absolute atomic E-state index is 11.9. The first kappa shape index (κ1) is 25.0. The third-order valence-electron chi connectivity index (χ3n) is 6.16. The van der Waals surface area contributed by atoms with Crippen LogP contribution in [-0.2, 0) is 4.74 Å². The monoisotopic (exact) mass is 462 g/mol. The van der Waals surface area contributed by atoms with Gasteiger partial charge in [0.2, 0.25) is 5.95 Å². The van der Waals surface area contributed by atoms with Crippen molar-refractivity contribution in [1.82, 2.24) is 15.3 Å². The van der Waals surface area contributed by atoms with Gasteiger partial charge in [0.25, 0.3) is 5.91 Å². The summed E-state index contributed by atoms with van der Waals surface area (Å²) in [5.41, 5.74) is 5.26. The van der Waals surface area contributed by atoms with Gasteiger partial charge in [-0.3, -0.25) is 4.79 Å². The molecule has 2 atom stereocenters. The molecule has 1 aromatic rings. The summed E-state index contributed by atoms with van der Waals surface area (Å²) in [4.78, 5) is 32.5. The molecule has 0 saturated heterocycles. The Balaban J connectivity index is 1.51. The van der Waals surface area contributed by atoms with Crippen molar-refractivity contribution < 1.29 is 19.4 Å². The number of nitrogens with zero attached hydrogens (tertiary/aromatic N) is 2. The van der Waals surface area contributed by atoms with E-state index in [0.29, 0.717) is 30.6 Å². The Bertz CT molecular complexity index is 820. The summed E-state index contributed by atoms with van der Waals surface area (Å²) >= 11 is 0. The molecule has 1 aromatic heterocycles. The molecule has 2 fully saturated rings. The SMILES string of the molecule is CC(C)(C)OC(=O)NCC1CCC(Nc2ncc(C(N)=O)c(N[C@@H]3CCC[C@@H](O)C3)n2)CC1. The molecule has 0 unspecified atom stereocenters. The first-order valence-electron chi connectivity index (χ1n) is 11.9. The molecule has 2 saturated carbocycles. The quantitative estimate of drug-likeness (QED) is 0.415. The first-order valence-corrected chi connectivity index (χ1v) is 11.9. The smallest absolute Gasteiger partial charge is 0.407 e. The van der Waals surface area contributed by atoms with Crippen LogP contribution >= 0.6 is 0 Å². The van der Waals surface area contributed by atoms with E-state index in [2.05, 4.69) is 25.9 Å². The molecular weight excluding hydrogens is 424 g/mol. The van der Waals surface area contributed by atoms with Crippen molar-refractivity contribution in [2.24, 2.45) is 11.7 Å². The number of aliphatic hydroxyl groups is 1. The second-order valence-corrected chi connectivity index (χ2v) is 10.2. The molecule has 33 heavy (non-hydrogen) atoms. The van der Waals surface area contributed by atoms with Crippen LogP contribution in [0.2, 0.25) is 0 Å². The molecule has 3 rings (SSSR count). The van der Waals surface area contributed by atoms with E-state index < -0.39 is 11.5 Å². The van der Waals surface area contributed by atoms with Gasteiger partial charge in [-0.25, -0.2) is 9.78 Å². The molecule has 0 radical (unpaired) electrons. The minimum Gasteiger partial charge on any atom is -0.444 e. The predicted octanol–water partition coefficient (Wildman–Crippen LogP) is 2.79. The number of aromatic nitrogens is 2. The molecule has 0 bridgehead atoms. The summed E-state index contributed by atoms with van der Waals surface area (Å²) in [7, 11) is 0. The van der Waals surface area contributed by atoms with Crippen molar-refractivity contribution >= 4 is 23.8 Å². The number of carbonyl (C=O) groups excluding carboxylic acids is 2. The van der Waals surface area contributed by atoms with Crippen LogP contribution < -0.4 is 21.7 Å². The third-order valence-corrected chi connectivity index (χ3v) is 6.16. The van der Waals surface area contributed by atoms with E-state index in [1.807, 2.05) is 20.8 Å². The van der Waals surface area contributed by atoms with Gasteiger partial charge in [-0.15, -0.1) is 0 Å². The predicted molar refractivity (Wildman–Crippen MR) is 126 cm³/mol. The Hall–Kier alpha value is -2.62. The molecule has 0 aliphatic heterocycles. The van der Waals surface area contributed by atoms with Gasteiger partial charge >= 0.3 is 6.09 Å². The van der Waals surface area contributed by atoms with E-state index in [1.165, 1.54) is 6.20 Å². The normalized spacial score (nSPS) is 25.7. The average molecular weight is 463 g/mol. The molecular formula is C23H38N6O4. The van der Waals surface area contributed by atoms with E-state index >= 15 is 0 Å². The van der Waals surface area contributed by atoms with Crippen molar-refractivity contribution in [2.45, 2.75) is 95.9 Å². The van der Waals surface area contributed by atoms with Gasteiger partial charge in [-0.05, 0) is 78.1 Å². The molecule has 10 nitrogen and oxygen atoms in total. The average Bonchev–Trinajstić information content (AvgIpc) is 2.72. The molecule has 6 N–H and O–H groups in total. The van der Waals surface area contributed by atoms with Crippen LogP contribution in [0, 0.1) is 5.92 Å². The zero-order valence-electron chi connectivity index (χ0n) is 19.9. The number of nitrogens with two attached hydrogens (primary N) is 1. The highest BCUT2D eigenvalue weighted by Crippen LogP contribution is 2.27. The Morgan fingerprint density at radius 3 is 2.48 bits per heavy atom. The summed E-state index contributed by atoms with van der Waals surface area (Å²) in [6.45, 7) is 6.15. The van der Waals surface area contributed by atoms with Crippen molar-refractivity contribution in [1.29, 1.82) is 0 Å². The lowest BCUT2D eigenvalue weighted by Crippen LogP contribution is -2.37. The van der Waals surface area contributed by atoms with Crippen LogP contribution in [0.25, 0.3) is 0 Å². The number of primary amides is 1. The van der Waals surface area contributed by atoms with E-state index in [-0.39, 0.29) is 29.8 Å². The highest BCUT2D eigenvalue weighted by Gasteiger charge is 2.25. The maximum Gasteiger partial charge on any atom is 0.407 e. The number of hydrogen-bond acceptors (Lipinski definition) is 8. The van der Waals surface area contributed by atoms with E-state index in [4.69, 9.17) is 10.5 Å². The van der Waals surface area contributed by atoms with Crippen LogP contribution in [0.1, 0.15) is 82.5 Å². The van der Waals surface area contributed by atoms with Crippen LogP contribution in [0.15, 0.2) is 6.20 Å². The number of aliphatic hydroxyl groups excluding tert-OH is 1. The number of anilines is 2. The lowest BCUT2D eigenvalue weighted by molar-refractivity contribution is 0.0515. The van der Waals surface area contributed by atoms with Gasteiger partial charge in [0.15, 0.2) is 0 Å². The van der Waals surface area contributed by atoms with E-state index in [1.54, 1.807) is 0 Å². The molecule has 184 valence electrons. The summed E-state index contributed by atoms with van der Waals surface area (Å²) in [5.74, 6) is 0.686. The van der Waals surface area contributed by atoms with Gasteiger partial charge in [0, 0.05) is 24.8 Å². The minimum absolute atomic E-state index is 0.0440. The number of ether oxygens (including phenoxy) is 1. The number of rotatable bonds is 7. The van der Waals surface area contributed by atoms with Gasteiger partial charge < -0.3 is 31.5 Å². The Labute approximate surface area is 195 Å². The summed E-state index contributed by atoms with van der Waals surface area (Å²) in [6, 6.07) is 0.258. The van der Waals surface area contributed by atoms with Crippen molar-refractivity contribution in [3.05, 3.63) is 11.8 Å². The zero-order valence-corrected chi connectivity index (χ0v) is 19.9. The number of alkyl carbamates (subject to hydrolysis) is 1. The van der Waals surface area contributed by atoms with Crippen LogP contribution in [0.5, 0.6) is 0 Å². The number of amides is 2. The second-order valence-electron chi connectivity index (χ2n) is 10.2. The van der Waals surface area contributed by atoms with Crippen molar-refractivity contribution in [2.75, 3.05) is 17.2 Å². The molecule has 2 amide bonds. The van der Waals surface area contributed by atoms with Gasteiger partial charge in [0.05, 0.1) is 11.7 Å². The lowest BCUT2D eigenvalue weighted by Gasteiger charge is -2.30. The van der Waals surface area contributed by atoms with Crippen LogP contribution in [0.3, 0.4) is 0 Å². The molecule has 2 aliphatic carbocycles. The molecule has 0 spiro atoms.